The summed E-state index contributed by atoms with van der Waals surface area (Å²) >= 11 is 2.09. The van der Waals surface area contributed by atoms with E-state index in [2.05, 4.69) is 27.9 Å². The maximum atomic E-state index is 13.2. The zero-order valence-electron chi connectivity index (χ0n) is 9.67. The quantitative estimate of drug-likeness (QED) is 0.806. The molecule has 0 spiro atoms. The monoisotopic (exact) mass is 370 g/mol. The van der Waals surface area contributed by atoms with E-state index in [-0.39, 0.29) is 0 Å². The fourth-order valence-corrected chi connectivity index (χ4v) is 2.55. The molecule has 1 atom stereocenters. The molecule has 6 heteroatoms. The Balaban J connectivity index is 2.27. The summed E-state index contributed by atoms with van der Waals surface area (Å²) in [5.74, 6) is 0. The topological polar surface area (TPSA) is 15.3 Å². The predicted octanol–water partition coefficient (Wildman–Crippen LogP) is 2.80. The average Bonchev–Trinajstić information content (AvgIpc) is 2.32. The number of halogens is 4. The van der Waals surface area contributed by atoms with Gasteiger partial charge in [-0.25, -0.2) is 0 Å². The number of hydrogen-bond acceptors (Lipinski definition) is 2. The van der Waals surface area contributed by atoms with Crippen molar-refractivity contribution in [3.63, 3.8) is 0 Å². The number of rotatable bonds is 2. The fraction of sp³-hybridized carbons (Fsp3) is 0.500. The van der Waals surface area contributed by atoms with Gasteiger partial charge in [0.15, 0.2) is 0 Å². The number of nitrogens with one attached hydrogen (secondary N) is 1. The van der Waals surface area contributed by atoms with Crippen molar-refractivity contribution in [1.29, 1.82) is 0 Å². The second-order valence-electron chi connectivity index (χ2n) is 4.28. The van der Waals surface area contributed by atoms with Gasteiger partial charge in [0.1, 0.15) is 6.04 Å². The van der Waals surface area contributed by atoms with E-state index in [4.69, 9.17) is 0 Å². The van der Waals surface area contributed by atoms with E-state index in [1.165, 1.54) is 4.90 Å². The SMILES string of the molecule is FC(F)(F)[C@H](c1ccc(I)cc1)N1CCNCC1. The molecule has 1 heterocycles. The summed E-state index contributed by atoms with van der Waals surface area (Å²) in [6, 6.07) is 5.09. The smallest absolute Gasteiger partial charge is 0.314 e. The lowest BCUT2D eigenvalue weighted by molar-refractivity contribution is -0.187. The molecule has 1 saturated heterocycles. The molecule has 2 nitrogen and oxygen atoms in total. The van der Waals surface area contributed by atoms with Crippen LogP contribution in [-0.2, 0) is 0 Å². The van der Waals surface area contributed by atoms with E-state index in [9.17, 15) is 13.2 Å². The number of piperazine rings is 1. The highest BCUT2D eigenvalue weighted by atomic mass is 127. The van der Waals surface area contributed by atoms with E-state index in [1.54, 1.807) is 24.3 Å². The minimum absolute atomic E-state index is 0.324. The van der Waals surface area contributed by atoms with E-state index >= 15 is 0 Å². The standard InChI is InChI=1S/C12H14F3IN2/c13-12(14,15)11(18-7-5-17-6-8-18)9-1-3-10(16)4-2-9/h1-4,11,17H,5-8H2/t11-/m0/s1. The summed E-state index contributed by atoms with van der Waals surface area (Å²) in [7, 11) is 0. The molecule has 1 N–H and O–H groups in total. The first-order valence-corrected chi connectivity index (χ1v) is 6.83. The lowest BCUT2D eigenvalue weighted by atomic mass is 10.0. The molecule has 0 saturated carbocycles. The Labute approximate surface area is 118 Å². The number of hydrogen-bond donors (Lipinski definition) is 1. The van der Waals surface area contributed by atoms with Gasteiger partial charge in [0.05, 0.1) is 0 Å². The van der Waals surface area contributed by atoms with Gasteiger partial charge in [-0.15, -0.1) is 0 Å². The highest BCUT2D eigenvalue weighted by Crippen LogP contribution is 2.37. The highest BCUT2D eigenvalue weighted by Gasteiger charge is 2.44. The van der Waals surface area contributed by atoms with Crippen LogP contribution in [0.15, 0.2) is 24.3 Å². The van der Waals surface area contributed by atoms with Crippen LogP contribution in [0.25, 0.3) is 0 Å². The van der Waals surface area contributed by atoms with Crippen LogP contribution in [0.1, 0.15) is 11.6 Å². The zero-order chi connectivity index (χ0) is 13.2. The molecule has 100 valence electrons. The third kappa shape index (κ3) is 3.36. The van der Waals surface area contributed by atoms with E-state index in [0.717, 1.165) is 3.57 Å². The van der Waals surface area contributed by atoms with Crippen molar-refractivity contribution in [2.45, 2.75) is 12.2 Å². The number of alkyl halides is 3. The van der Waals surface area contributed by atoms with Crippen molar-refractivity contribution in [2.24, 2.45) is 0 Å². The minimum Gasteiger partial charge on any atom is -0.314 e. The molecule has 0 aliphatic carbocycles. The first-order chi connectivity index (χ1) is 8.48. The molecule has 1 aliphatic heterocycles. The lowest BCUT2D eigenvalue weighted by Crippen LogP contribution is -2.49. The van der Waals surface area contributed by atoms with Crippen LogP contribution in [0.4, 0.5) is 13.2 Å². The molecule has 0 bridgehead atoms. The van der Waals surface area contributed by atoms with Crippen LogP contribution in [0.2, 0.25) is 0 Å². The average molecular weight is 370 g/mol. The molecule has 0 aromatic heterocycles. The molecule has 0 amide bonds. The molecule has 0 unspecified atom stereocenters. The Morgan fingerprint density at radius 1 is 1.11 bits per heavy atom. The van der Waals surface area contributed by atoms with Crippen LogP contribution < -0.4 is 5.32 Å². The maximum Gasteiger partial charge on any atom is 0.408 e. The summed E-state index contributed by atoms with van der Waals surface area (Å²) in [6.07, 6.45) is -4.23. The normalized spacial score (nSPS) is 19.8. The van der Waals surface area contributed by atoms with Gasteiger partial charge < -0.3 is 5.32 Å². The van der Waals surface area contributed by atoms with Crippen LogP contribution in [0.3, 0.4) is 0 Å². The molecular formula is C12H14F3IN2. The molecule has 1 aromatic carbocycles. The van der Waals surface area contributed by atoms with Gasteiger partial charge in [0.2, 0.25) is 0 Å². The van der Waals surface area contributed by atoms with Crippen LogP contribution in [0, 0.1) is 3.57 Å². The van der Waals surface area contributed by atoms with Gasteiger partial charge in [-0.3, -0.25) is 4.90 Å². The van der Waals surface area contributed by atoms with Crippen molar-refractivity contribution in [3.8, 4) is 0 Å². The van der Waals surface area contributed by atoms with Crippen LogP contribution in [0.5, 0.6) is 0 Å². The number of benzene rings is 1. The second-order valence-corrected chi connectivity index (χ2v) is 5.53. The van der Waals surface area contributed by atoms with E-state index in [1.807, 2.05) is 0 Å². The largest absolute Gasteiger partial charge is 0.408 e. The number of nitrogens with zero attached hydrogens (tertiary/aromatic N) is 1. The molecule has 0 radical (unpaired) electrons. The predicted molar refractivity (Wildman–Crippen MR) is 72.4 cm³/mol. The Hall–Kier alpha value is -0.340. The van der Waals surface area contributed by atoms with Gasteiger partial charge in [0, 0.05) is 29.7 Å². The summed E-state index contributed by atoms with van der Waals surface area (Å²) in [5, 5.41) is 3.07. The summed E-state index contributed by atoms with van der Waals surface area (Å²) in [5.41, 5.74) is 0.324. The third-order valence-corrected chi connectivity index (χ3v) is 3.73. The van der Waals surface area contributed by atoms with Gasteiger partial charge >= 0.3 is 6.18 Å². The molecule has 18 heavy (non-hydrogen) atoms. The van der Waals surface area contributed by atoms with Crippen molar-refractivity contribution in [2.75, 3.05) is 26.2 Å². The Bertz CT molecular complexity index is 385. The molecule has 2 rings (SSSR count). The zero-order valence-corrected chi connectivity index (χ0v) is 11.8. The van der Waals surface area contributed by atoms with E-state index in [0.29, 0.717) is 31.7 Å². The fourth-order valence-electron chi connectivity index (χ4n) is 2.19. The third-order valence-electron chi connectivity index (χ3n) is 3.01. The van der Waals surface area contributed by atoms with Gasteiger partial charge in [-0.2, -0.15) is 13.2 Å². The van der Waals surface area contributed by atoms with Crippen molar-refractivity contribution >= 4 is 22.6 Å². The first kappa shape index (κ1) is 14.1. The molecule has 1 aromatic rings. The summed E-state index contributed by atoms with van der Waals surface area (Å²) in [4.78, 5) is 1.50. The summed E-state index contributed by atoms with van der Waals surface area (Å²) < 4.78 is 40.6. The molecule has 1 fully saturated rings. The van der Waals surface area contributed by atoms with Gasteiger partial charge in [-0.05, 0) is 40.3 Å². The van der Waals surface area contributed by atoms with Crippen molar-refractivity contribution < 1.29 is 13.2 Å². The van der Waals surface area contributed by atoms with Gasteiger partial charge in [-0.1, -0.05) is 12.1 Å². The Kier molecular flexibility index (Phi) is 4.50. The van der Waals surface area contributed by atoms with Crippen LogP contribution in [-0.4, -0.2) is 37.3 Å². The lowest BCUT2D eigenvalue weighted by Gasteiger charge is -2.36. The van der Waals surface area contributed by atoms with Crippen molar-refractivity contribution in [3.05, 3.63) is 33.4 Å². The Morgan fingerprint density at radius 2 is 1.67 bits per heavy atom. The maximum absolute atomic E-state index is 13.2. The Morgan fingerprint density at radius 3 is 2.17 bits per heavy atom. The first-order valence-electron chi connectivity index (χ1n) is 5.75. The minimum atomic E-state index is -4.23. The van der Waals surface area contributed by atoms with E-state index < -0.39 is 12.2 Å². The van der Waals surface area contributed by atoms with Gasteiger partial charge in [0.25, 0.3) is 0 Å². The molecule has 1 aliphatic rings. The second kappa shape index (κ2) is 5.75. The van der Waals surface area contributed by atoms with Crippen LogP contribution >= 0.6 is 22.6 Å². The molecular weight excluding hydrogens is 356 g/mol. The highest BCUT2D eigenvalue weighted by molar-refractivity contribution is 14.1. The van der Waals surface area contributed by atoms with Crippen molar-refractivity contribution in [1.82, 2.24) is 10.2 Å². The summed E-state index contributed by atoms with van der Waals surface area (Å²) in [6.45, 7) is 2.07.